The Balaban J connectivity index is 2.35. The Hall–Kier alpha value is -0.420. The number of rotatable bonds is 4. The van der Waals surface area contributed by atoms with Crippen molar-refractivity contribution in [2.45, 2.75) is 6.92 Å². The fourth-order valence-electron chi connectivity index (χ4n) is 0.737. The van der Waals surface area contributed by atoms with Gasteiger partial charge in [0.15, 0.2) is 0 Å². The predicted molar refractivity (Wildman–Crippen MR) is 57.4 cm³/mol. The molecular formula is C8H11BrN2OS. The van der Waals surface area contributed by atoms with E-state index in [-0.39, 0.29) is 5.91 Å². The van der Waals surface area contributed by atoms with Gasteiger partial charge in [-0.2, -0.15) is 0 Å². The van der Waals surface area contributed by atoms with Gasteiger partial charge < -0.3 is 5.32 Å². The van der Waals surface area contributed by atoms with Gasteiger partial charge in [0.1, 0.15) is 5.69 Å². The molecule has 5 heteroatoms. The van der Waals surface area contributed by atoms with Crippen molar-refractivity contribution in [2.75, 3.05) is 11.9 Å². The van der Waals surface area contributed by atoms with Crippen LogP contribution in [0.2, 0.25) is 0 Å². The molecule has 1 rings (SSSR count). The highest BCUT2D eigenvalue weighted by molar-refractivity contribution is 9.09. The van der Waals surface area contributed by atoms with Crippen LogP contribution < -0.4 is 5.32 Å². The van der Waals surface area contributed by atoms with Crippen LogP contribution in [-0.4, -0.2) is 22.8 Å². The van der Waals surface area contributed by atoms with Gasteiger partial charge in [0, 0.05) is 17.3 Å². The van der Waals surface area contributed by atoms with E-state index < -0.39 is 0 Å². The molecule has 1 N–H and O–H groups in total. The minimum absolute atomic E-state index is 0.0888. The lowest BCUT2D eigenvalue weighted by atomic mass is 10.2. The van der Waals surface area contributed by atoms with Crippen molar-refractivity contribution < 1.29 is 4.79 Å². The zero-order valence-corrected chi connectivity index (χ0v) is 9.69. The third-order valence-corrected chi connectivity index (χ3v) is 3.23. The third kappa shape index (κ3) is 3.44. The Labute approximate surface area is 89.7 Å². The number of aromatic nitrogens is 1. The first-order valence-electron chi connectivity index (χ1n) is 3.96. The molecule has 1 amide bonds. The van der Waals surface area contributed by atoms with Gasteiger partial charge in [-0.25, -0.2) is 4.98 Å². The molecule has 1 unspecified atom stereocenters. The largest absolute Gasteiger partial charge is 0.350 e. The molecule has 1 aromatic heterocycles. The minimum Gasteiger partial charge on any atom is -0.350 e. The first kappa shape index (κ1) is 10.7. The van der Waals surface area contributed by atoms with Gasteiger partial charge in [-0.15, -0.1) is 11.3 Å². The van der Waals surface area contributed by atoms with E-state index in [2.05, 4.69) is 33.2 Å². The van der Waals surface area contributed by atoms with Crippen LogP contribution in [0.3, 0.4) is 0 Å². The van der Waals surface area contributed by atoms with E-state index in [1.54, 1.807) is 10.9 Å². The van der Waals surface area contributed by atoms with Crippen molar-refractivity contribution in [3.05, 3.63) is 16.6 Å². The number of thiazole rings is 1. The second-order valence-corrected chi connectivity index (χ2v) is 4.21. The van der Waals surface area contributed by atoms with Crippen LogP contribution in [-0.2, 0) is 0 Å². The summed E-state index contributed by atoms with van der Waals surface area (Å²) in [6.45, 7) is 2.75. The van der Waals surface area contributed by atoms with Gasteiger partial charge in [0.25, 0.3) is 5.91 Å². The van der Waals surface area contributed by atoms with Gasteiger partial charge in [0.2, 0.25) is 0 Å². The van der Waals surface area contributed by atoms with Crippen molar-refractivity contribution in [3.63, 3.8) is 0 Å². The zero-order chi connectivity index (χ0) is 9.68. The maximum atomic E-state index is 11.3. The van der Waals surface area contributed by atoms with Crippen LogP contribution in [0.5, 0.6) is 0 Å². The topological polar surface area (TPSA) is 42.0 Å². The Morgan fingerprint density at radius 1 is 1.85 bits per heavy atom. The van der Waals surface area contributed by atoms with Crippen LogP contribution in [0, 0.1) is 5.92 Å². The minimum atomic E-state index is -0.0888. The van der Waals surface area contributed by atoms with Gasteiger partial charge in [-0.05, 0) is 5.92 Å². The molecule has 3 nitrogen and oxygen atoms in total. The van der Waals surface area contributed by atoms with Crippen molar-refractivity contribution in [1.82, 2.24) is 10.3 Å². The SMILES string of the molecule is CC(CBr)CNC(=O)c1cscn1. The van der Waals surface area contributed by atoms with E-state index in [4.69, 9.17) is 0 Å². The summed E-state index contributed by atoms with van der Waals surface area (Å²) in [6, 6.07) is 0. The van der Waals surface area contributed by atoms with E-state index in [9.17, 15) is 4.79 Å². The lowest BCUT2D eigenvalue weighted by molar-refractivity contribution is 0.0945. The van der Waals surface area contributed by atoms with Crippen LogP contribution >= 0.6 is 27.3 Å². The summed E-state index contributed by atoms with van der Waals surface area (Å²) in [5, 5.41) is 5.45. The first-order valence-corrected chi connectivity index (χ1v) is 6.02. The molecule has 0 bridgehead atoms. The van der Waals surface area contributed by atoms with Gasteiger partial charge in [0.05, 0.1) is 5.51 Å². The molecule has 1 atom stereocenters. The van der Waals surface area contributed by atoms with E-state index >= 15 is 0 Å². The summed E-state index contributed by atoms with van der Waals surface area (Å²) in [5.41, 5.74) is 2.16. The van der Waals surface area contributed by atoms with Gasteiger partial charge >= 0.3 is 0 Å². The quantitative estimate of drug-likeness (QED) is 0.843. The molecule has 0 aromatic carbocycles. The molecular weight excluding hydrogens is 252 g/mol. The van der Waals surface area contributed by atoms with Gasteiger partial charge in [-0.1, -0.05) is 22.9 Å². The maximum Gasteiger partial charge on any atom is 0.270 e. The summed E-state index contributed by atoms with van der Waals surface area (Å²) in [5.74, 6) is 0.358. The predicted octanol–water partition coefficient (Wildman–Crippen LogP) is 1.90. The number of nitrogens with one attached hydrogen (secondary N) is 1. The fourth-order valence-corrected chi connectivity index (χ4v) is 1.50. The second-order valence-electron chi connectivity index (χ2n) is 2.84. The van der Waals surface area contributed by atoms with Crippen LogP contribution in [0.15, 0.2) is 10.9 Å². The number of amides is 1. The number of halogens is 1. The highest BCUT2D eigenvalue weighted by atomic mass is 79.9. The molecule has 0 saturated heterocycles. The molecule has 0 aliphatic carbocycles. The van der Waals surface area contributed by atoms with Crippen LogP contribution in [0.4, 0.5) is 0 Å². The fraction of sp³-hybridized carbons (Fsp3) is 0.500. The van der Waals surface area contributed by atoms with Crippen molar-refractivity contribution in [3.8, 4) is 0 Å². The monoisotopic (exact) mass is 262 g/mol. The number of hydrogen-bond donors (Lipinski definition) is 1. The van der Waals surface area contributed by atoms with Gasteiger partial charge in [-0.3, -0.25) is 4.79 Å². The molecule has 0 saturated carbocycles. The smallest absolute Gasteiger partial charge is 0.270 e. The van der Waals surface area contributed by atoms with E-state index in [1.165, 1.54) is 11.3 Å². The highest BCUT2D eigenvalue weighted by Crippen LogP contribution is 2.02. The normalized spacial score (nSPS) is 12.5. The lowest BCUT2D eigenvalue weighted by Gasteiger charge is -2.07. The maximum absolute atomic E-state index is 11.3. The number of carbonyl (C=O) groups is 1. The third-order valence-electron chi connectivity index (χ3n) is 1.54. The summed E-state index contributed by atoms with van der Waals surface area (Å²) in [4.78, 5) is 15.3. The van der Waals surface area contributed by atoms with E-state index in [0.29, 0.717) is 18.2 Å². The Morgan fingerprint density at radius 2 is 2.62 bits per heavy atom. The lowest BCUT2D eigenvalue weighted by Crippen LogP contribution is -2.28. The summed E-state index contributed by atoms with van der Waals surface area (Å²) in [6.07, 6.45) is 0. The second kappa shape index (κ2) is 5.34. The molecule has 0 radical (unpaired) electrons. The highest BCUT2D eigenvalue weighted by Gasteiger charge is 2.07. The van der Waals surface area contributed by atoms with Crippen molar-refractivity contribution in [2.24, 2.45) is 5.92 Å². The zero-order valence-electron chi connectivity index (χ0n) is 7.29. The Morgan fingerprint density at radius 3 is 3.15 bits per heavy atom. The molecule has 0 spiro atoms. The van der Waals surface area contributed by atoms with Crippen molar-refractivity contribution in [1.29, 1.82) is 0 Å². The molecule has 1 heterocycles. The number of hydrogen-bond acceptors (Lipinski definition) is 3. The molecule has 13 heavy (non-hydrogen) atoms. The standard InChI is InChI=1S/C8H11BrN2OS/c1-6(2-9)3-10-8(12)7-4-13-5-11-7/h4-6H,2-3H2,1H3,(H,10,12). The van der Waals surface area contributed by atoms with Crippen LogP contribution in [0.25, 0.3) is 0 Å². The average Bonchev–Trinajstić information content (AvgIpc) is 2.66. The summed E-state index contributed by atoms with van der Waals surface area (Å²) in [7, 11) is 0. The van der Waals surface area contributed by atoms with E-state index in [1.807, 2.05) is 0 Å². The number of carbonyl (C=O) groups excluding carboxylic acids is 1. The molecule has 1 aromatic rings. The van der Waals surface area contributed by atoms with Crippen molar-refractivity contribution >= 4 is 33.2 Å². The molecule has 0 aliphatic rings. The Kier molecular flexibility index (Phi) is 4.38. The summed E-state index contributed by atoms with van der Waals surface area (Å²) < 4.78 is 0. The molecule has 72 valence electrons. The number of alkyl halides is 1. The first-order chi connectivity index (χ1) is 6.24. The Bertz CT molecular complexity index is 263. The van der Waals surface area contributed by atoms with Crippen LogP contribution in [0.1, 0.15) is 17.4 Å². The molecule has 0 aliphatic heterocycles. The number of nitrogens with zero attached hydrogens (tertiary/aromatic N) is 1. The van der Waals surface area contributed by atoms with E-state index in [0.717, 1.165) is 5.33 Å². The summed E-state index contributed by atoms with van der Waals surface area (Å²) >= 11 is 4.78. The molecule has 0 fully saturated rings. The average molecular weight is 263 g/mol.